The van der Waals surface area contributed by atoms with Gasteiger partial charge in [-0.1, -0.05) is 240 Å². The van der Waals surface area contributed by atoms with Gasteiger partial charge in [-0.3, -0.25) is 0 Å². The minimum atomic E-state index is -2.88. The van der Waals surface area contributed by atoms with Crippen molar-refractivity contribution in [3.63, 3.8) is 0 Å². The van der Waals surface area contributed by atoms with E-state index in [9.17, 15) is 0 Å². The Balaban J connectivity index is 1.13. The molecule has 2 unspecified atom stereocenters. The summed E-state index contributed by atoms with van der Waals surface area (Å²) in [6.07, 6.45) is 2.06. The Morgan fingerprint density at radius 2 is 0.835 bits per heavy atom. The minimum Gasteiger partial charge on any atom is -0.334 e. The lowest BCUT2D eigenvalue weighted by molar-refractivity contribution is -0.0311. The van der Waals surface area contributed by atoms with Crippen molar-refractivity contribution in [1.29, 1.82) is 0 Å². The van der Waals surface area contributed by atoms with Crippen molar-refractivity contribution in [2.24, 2.45) is 10.8 Å². The number of rotatable bonds is 7. The van der Waals surface area contributed by atoms with E-state index < -0.39 is 8.07 Å². The fraction of sp³-hybridized carbons (Fsp3) is 0.270. The maximum Gasteiger partial charge on any atom is 0.252 e. The van der Waals surface area contributed by atoms with Gasteiger partial charge in [0, 0.05) is 50.9 Å². The summed E-state index contributed by atoms with van der Waals surface area (Å²) >= 11 is 0. The smallest absolute Gasteiger partial charge is 0.252 e. The summed E-state index contributed by atoms with van der Waals surface area (Å²) in [6, 6.07) is 84.7. The van der Waals surface area contributed by atoms with Crippen molar-refractivity contribution in [3.8, 4) is 0 Å². The molecular weight excluding hydrogens is 970 g/mol. The van der Waals surface area contributed by atoms with Crippen LogP contribution in [0.25, 0.3) is 0 Å². The van der Waals surface area contributed by atoms with Gasteiger partial charge in [0.1, 0.15) is 0 Å². The Labute approximate surface area is 473 Å². The van der Waals surface area contributed by atoms with Crippen molar-refractivity contribution in [2.75, 3.05) is 14.7 Å². The maximum absolute atomic E-state index is 2.88. The maximum atomic E-state index is 2.86. The first kappa shape index (κ1) is 51.1. The van der Waals surface area contributed by atoms with Crippen LogP contribution in [0.15, 0.2) is 218 Å². The summed E-state index contributed by atoms with van der Waals surface area (Å²) < 4.78 is 0. The molecular formula is C74H76BN3Si. The monoisotopic (exact) mass is 1050 g/mol. The molecule has 0 N–H and O–H groups in total. The fourth-order valence-corrected chi connectivity index (χ4v) is 20.0. The number of fused-ring (bicyclic) bond motifs is 7. The molecule has 5 heteroatoms. The van der Waals surface area contributed by atoms with Gasteiger partial charge in [0.05, 0.1) is 5.54 Å². The highest BCUT2D eigenvalue weighted by atomic mass is 28.3. The first-order chi connectivity index (χ1) is 37.7. The zero-order valence-corrected chi connectivity index (χ0v) is 49.6. The molecule has 0 spiro atoms. The second kappa shape index (κ2) is 17.8. The van der Waals surface area contributed by atoms with Crippen molar-refractivity contribution in [2.45, 2.75) is 118 Å². The summed E-state index contributed by atoms with van der Waals surface area (Å²) in [5.74, 6) is 0. The van der Waals surface area contributed by atoms with Crippen molar-refractivity contribution >= 4 is 97.4 Å². The molecule has 4 aliphatic rings. The zero-order valence-electron chi connectivity index (χ0n) is 48.6. The van der Waals surface area contributed by atoms with E-state index in [-0.39, 0.29) is 39.3 Å². The van der Waals surface area contributed by atoms with Crippen LogP contribution in [0.2, 0.25) is 0 Å². The molecule has 0 saturated heterocycles. The van der Waals surface area contributed by atoms with Gasteiger partial charge in [0.25, 0.3) is 6.71 Å². The number of para-hydroxylation sites is 2. The van der Waals surface area contributed by atoms with Crippen LogP contribution >= 0.6 is 0 Å². The number of nitrogens with zero attached hydrogens (tertiary/aromatic N) is 3. The molecule has 0 amide bonds. The van der Waals surface area contributed by atoms with Gasteiger partial charge < -0.3 is 14.7 Å². The standard InChI is InChI=1S/C74H76BN3Si/c1-69(2,3)51-37-40-54(41-38-51)77-65-43-39-52(70(4,5)6)45-62(65)75-61-35-25-26-36-64(61)76(53-27-17-13-18-28-53)66-46-55(47-67(77)68(66)75)78-63-44-42-59(48-60(63)73(11)49-71(7,8)72(9,10)50-74(73,78)12)79(56-29-19-14-20-30-56,57-31-21-15-22-32-57)58-33-23-16-24-34-58/h13-48H,49-50H2,1-12H3. The lowest BCUT2D eigenvalue weighted by Gasteiger charge is -2.61. The molecule has 3 aliphatic heterocycles. The Morgan fingerprint density at radius 1 is 0.380 bits per heavy atom. The lowest BCUT2D eigenvalue weighted by Crippen LogP contribution is -2.74. The third kappa shape index (κ3) is 7.58. The molecule has 9 aromatic rings. The molecule has 0 radical (unpaired) electrons. The molecule has 0 aromatic heterocycles. The lowest BCUT2D eigenvalue weighted by atomic mass is 9.33. The van der Waals surface area contributed by atoms with E-state index in [2.05, 4.69) is 316 Å². The van der Waals surface area contributed by atoms with Crippen LogP contribution in [-0.4, -0.2) is 20.3 Å². The SMILES string of the molecule is CC(C)(C)c1ccc(N2c3ccc(C(C)(C)C)cc3B3c4ccccc4N(c4ccccc4)c4cc(N5c6ccc([Si](c7ccccc7)(c7ccccc7)c7ccccc7)cc6C6(C)CC(C)(C)C(C)(C)CC56C)cc2c43)cc1. The minimum absolute atomic E-state index is 0.00772. The molecule has 9 aromatic carbocycles. The Hall–Kier alpha value is -7.34. The second-order valence-corrected chi connectivity index (χ2v) is 31.2. The van der Waals surface area contributed by atoms with Gasteiger partial charge in [-0.2, -0.15) is 0 Å². The van der Waals surface area contributed by atoms with Gasteiger partial charge in [0.2, 0.25) is 0 Å². The molecule has 1 fully saturated rings. The van der Waals surface area contributed by atoms with Crippen LogP contribution in [0.4, 0.5) is 45.5 Å². The van der Waals surface area contributed by atoms with Crippen LogP contribution in [0.3, 0.4) is 0 Å². The summed E-state index contributed by atoms with van der Waals surface area (Å²) in [5.41, 5.74) is 17.5. The Bertz CT molecular complexity index is 3700. The van der Waals surface area contributed by atoms with Crippen LogP contribution in [0.5, 0.6) is 0 Å². The van der Waals surface area contributed by atoms with Crippen LogP contribution < -0.4 is 51.8 Å². The van der Waals surface area contributed by atoms with E-state index >= 15 is 0 Å². The van der Waals surface area contributed by atoms with Gasteiger partial charge in [-0.15, -0.1) is 0 Å². The average Bonchev–Trinajstić information content (AvgIpc) is 2.80. The average molecular weight is 1050 g/mol. The highest BCUT2D eigenvalue weighted by molar-refractivity contribution is 7.20. The molecule has 79 heavy (non-hydrogen) atoms. The molecule has 13 rings (SSSR count). The number of hydrogen-bond donors (Lipinski definition) is 0. The molecule has 0 bridgehead atoms. The topological polar surface area (TPSA) is 9.72 Å². The van der Waals surface area contributed by atoms with Gasteiger partial charge in [-0.25, -0.2) is 0 Å². The first-order valence-corrected chi connectivity index (χ1v) is 31.0. The van der Waals surface area contributed by atoms with Gasteiger partial charge in [-0.05, 0) is 150 Å². The van der Waals surface area contributed by atoms with E-state index in [0.717, 1.165) is 18.5 Å². The van der Waals surface area contributed by atoms with Crippen molar-refractivity contribution in [3.05, 3.63) is 235 Å². The fourth-order valence-electron chi connectivity index (χ4n) is 15.3. The predicted octanol–water partition coefficient (Wildman–Crippen LogP) is 14.8. The number of anilines is 8. The zero-order chi connectivity index (χ0) is 55.1. The van der Waals surface area contributed by atoms with Gasteiger partial charge >= 0.3 is 0 Å². The number of benzene rings is 9. The van der Waals surface area contributed by atoms with E-state index in [1.165, 1.54) is 93.6 Å². The summed E-state index contributed by atoms with van der Waals surface area (Å²) in [6.45, 7) is 29.5. The van der Waals surface area contributed by atoms with Gasteiger partial charge in [0.15, 0.2) is 8.07 Å². The van der Waals surface area contributed by atoms with Crippen LogP contribution in [-0.2, 0) is 16.2 Å². The van der Waals surface area contributed by atoms with Crippen LogP contribution in [0.1, 0.15) is 113 Å². The van der Waals surface area contributed by atoms with E-state index in [1.54, 1.807) is 0 Å². The Morgan fingerprint density at radius 3 is 1.38 bits per heavy atom. The quantitative estimate of drug-likeness (QED) is 0.116. The summed E-state index contributed by atoms with van der Waals surface area (Å²) in [7, 11) is -2.88. The third-order valence-corrected chi connectivity index (χ3v) is 24.8. The third-order valence-electron chi connectivity index (χ3n) is 20.1. The first-order valence-electron chi connectivity index (χ1n) is 29.0. The number of hydrogen-bond acceptors (Lipinski definition) is 3. The van der Waals surface area contributed by atoms with E-state index in [1.807, 2.05) is 0 Å². The highest BCUT2D eigenvalue weighted by Crippen LogP contribution is 2.68. The second-order valence-electron chi connectivity index (χ2n) is 27.4. The predicted molar refractivity (Wildman–Crippen MR) is 343 cm³/mol. The highest BCUT2D eigenvalue weighted by Gasteiger charge is 2.66. The largest absolute Gasteiger partial charge is 0.334 e. The molecule has 2 atom stereocenters. The summed E-state index contributed by atoms with van der Waals surface area (Å²) in [5, 5.41) is 5.62. The molecule has 3 nitrogen and oxygen atoms in total. The molecule has 1 aliphatic carbocycles. The normalized spacial score (nSPS) is 19.7. The van der Waals surface area contributed by atoms with E-state index in [4.69, 9.17) is 0 Å². The van der Waals surface area contributed by atoms with Crippen molar-refractivity contribution in [1.82, 2.24) is 0 Å². The molecule has 394 valence electrons. The van der Waals surface area contributed by atoms with E-state index in [0.29, 0.717) is 0 Å². The molecule has 3 heterocycles. The molecule has 1 saturated carbocycles. The van der Waals surface area contributed by atoms with Crippen LogP contribution in [0, 0.1) is 10.8 Å². The Kier molecular flexibility index (Phi) is 11.5. The van der Waals surface area contributed by atoms with Crippen molar-refractivity contribution < 1.29 is 0 Å². The summed E-state index contributed by atoms with van der Waals surface area (Å²) in [4.78, 5) is 8.07.